The second-order valence-electron chi connectivity index (χ2n) is 5.70. The van der Waals surface area contributed by atoms with Crippen molar-refractivity contribution in [1.82, 2.24) is 14.5 Å². The van der Waals surface area contributed by atoms with Crippen molar-refractivity contribution in [1.29, 1.82) is 0 Å². The van der Waals surface area contributed by atoms with Gasteiger partial charge in [0.25, 0.3) is 0 Å². The van der Waals surface area contributed by atoms with E-state index in [1.54, 1.807) is 6.07 Å². The maximum absolute atomic E-state index is 13.6. The molecule has 0 bridgehead atoms. The number of hydrogen-bond acceptors (Lipinski definition) is 3. The minimum atomic E-state index is -0.447. The lowest BCUT2D eigenvalue weighted by atomic mass is 10.1. The van der Waals surface area contributed by atoms with E-state index in [1.807, 2.05) is 0 Å². The molecule has 0 amide bonds. The number of nitrogen functional groups attached to an aromatic ring is 1. The van der Waals surface area contributed by atoms with Crippen LogP contribution in [0.3, 0.4) is 0 Å². The summed E-state index contributed by atoms with van der Waals surface area (Å²) in [5.74, 6) is 0.0122. The minimum absolute atomic E-state index is 0.125. The van der Waals surface area contributed by atoms with Gasteiger partial charge in [0.05, 0.1) is 22.1 Å². The van der Waals surface area contributed by atoms with Gasteiger partial charge >= 0.3 is 0 Å². The lowest BCUT2D eigenvalue weighted by Gasteiger charge is -2.23. The molecule has 4 rings (SSSR count). The molecule has 2 aliphatic rings. The number of rotatable bonds is 1. The summed E-state index contributed by atoms with van der Waals surface area (Å²) >= 11 is 5.92. The number of benzene rings is 1. The van der Waals surface area contributed by atoms with Gasteiger partial charge in [-0.25, -0.2) is 9.37 Å². The molecular formula is C14H16ClFN4. The first-order valence-corrected chi connectivity index (χ1v) is 7.39. The van der Waals surface area contributed by atoms with Crippen LogP contribution in [0.4, 0.5) is 10.3 Å². The molecule has 0 aliphatic carbocycles. The van der Waals surface area contributed by atoms with Gasteiger partial charge in [-0.05, 0) is 31.9 Å². The van der Waals surface area contributed by atoms with Crippen LogP contribution in [0.2, 0.25) is 5.02 Å². The van der Waals surface area contributed by atoms with E-state index in [2.05, 4.69) is 14.5 Å². The average Bonchev–Trinajstić information content (AvgIpc) is 3.05. The fourth-order valence-electron chi connectivity index (χ4n) is 3.81. The first-order valence-electron chi connectivity index (χ1n) is 7.01. The van der Waals surface area contributed by atoms with E-state index in [4.69, 9.17) is 17.3 Å². The molecule has 2 aromatic rings. The zero-order valence-electron chi connectivity index (χ0n) is 11.0. The van der Waals surface area contributed by atoms with E-state index in [0.29, 0.717) is 23.5 Å². The van der Waals surface area contributed by atoms with Gasteiger partial charge in [0.2, 0.25) is 5.95 Å². The van der Waals surface area contributed by atoms with Crippen LogP contribution in [0.25, 0.3) is 11.0 Å². The zero-order valence-corrected chi connectivity index (χ0v) is 11.8. The first kappa shape index (κ1) is 12.4. The predicted octanol–water partition coefficient (Wildman–Crippen LogP) is 2.82. The first-order chi connectivity index (χ1) is 9.65. The maximum Gasteiger partial charge on any atom is 0.201 e. The normalized spacial score (nSPS) is 26.5. The SMILES string of the molecule is Nc1nc2cc(F)c(Cl)cc2n1C1CCN2CCCC12. The number of nitrogens with two attached hydrogens (primary N) is 1. The quantitative estimate of drug-likeness (QED) is 0.880. The molecule has 4 nitrogen and oxygen atoms in total. The lowest BCUT2D eigenvalue weighted by Crippen LogP contribution is -2.28. The highest BCUT2D eigenvalue weighted by atomic mass is 35.5. The number of nitrogens with zero attached hydrogens (tertiary/aromatic N) is 3. The molecule has 1 aromatic heterocycles. The van der Waals surface area contributed by atoms with E-state index in [9.17, 15) is 4.39 Å². The van der Waals surface area contributed by atoms with Crippen LogP contribution in [0.1, 0.15) is 25.3 Å². The molecule has 0 saturated carbocycles. The van der Waals surface area contributed by atoms with Gasteiger partial charge < -0.3 is 10.3 Å². The smallest absolute Gasteiger partial charge is 0.201 e. The Bertz CT molecular complexity index is 683. The van der Waals surface area contributed by atoms with Crippen molar-refractivity contribution in [2.45, 2.75) is 31.3 Å². The number of fused-ring (bicyclic) bond motifs is 2. The van der Waals surface area contributed by atoms with Gasteiger partial charge in [0, 0.05) is 18.7 Å². The number of imidazole rings is 1. The Morgan fingerprint density at radius 1 is 1.25 bits per heavy atom. The Labute approximate surface area is 121 Å². The van der Waals surface area contributed by atoms with Crippen LogP contribution < -0.4 is 5.73 Å². The fraction of sp³-hybridized carbons (Fsp3) is 0.500. The summed E-state index contributed by atoms with van der Waals surface area (Å²) in [4.78, 5) is 6.81. The molecule has 2 N–H and O–H groups in total. The average molecular weight is 295 g/mol. The number of halogens is 2. The molecule has 106 valence electrons. The molecule has 2 fully saturated rings. The van der Waals surface area contributed by atoms with Gasteiger partial charge in [-0.15, -0.1) is 0 Å². The Kier molecular flexibility index (Phi) is 2.69. The van der Waals surface area contributed by atoms with Crippen LogP contribution in [0.5, 0.6) is 0 Å². The predicted molar refractivity (Wildman–Crippen MR) is 77.4 cm³/mol. The summed E-state index contributed by atoms with van der Waals surface area (Å²) in [6.45, 7) is 2.27. The summed E-state index contributed by atoms with van der Waals surface area (Å²) in [6.07, 6.45) is 3.50. The molecule has 2 atom stereocenters. The molecule has 20 heavy (non-hydrogen) atoms. The van der Waals surface area contributed by atoms with E-state index in [-0.39, 0.29) is 5.02 Å². The second kappa shape index (κ2) is 4.33. The summed E-state index contributed by atoms with van der Waals surface area (Å²) in [6, 6.07) is 3.86. The van der Waals surface area contributed by atoms with E-state index in [0.717, 1.165) is 18.5 Å². The van der Waals surface area contributed by atoms with Crippen LogP contribution in [-0.4, -0.2) is 33.6 Å². The van der Waals surface area contributed by atoms with Crippen molar-refractivity contribution in [3.05, 3.63) is 23.0 Å². The van der Waals surface area contributed by atoms with Gasteiger partial charge in [0.1, 0.15) is 5.82 Å². The highest BCUT2D eigenvalue weighted by Gasteiger charge is 2.39. The van der Waals surface area contributed by atoms with Gasteiger partial charge in [0.15, 0.2) is 0 Å². The monoisotopic (exact) mass is 294 g/mol. The summed E-state index contributed by atoms with van der Waals surface area (Å²) in [7, 11) is 0. The third-order valence-corrected chi connectivity index (χ3v) is 4.95. The molecular weight excluding hydrogens is 279 g/mol. The third-order valence-electron chi connectivity index (χ3n) is 4.66. The standard InChI is InChI=1S/C14H16ClFN4/c15-8-6-13-10(7-9(8)16)18-14(17)20(13)12-3-5-19-4-1-2-11(12)19/h6-7,11-12H,1-5H2,(H2,17,18). The highest BCUT2D eigenvalue weighted by Crippen LogP contribution is 2.39. The van der Waals surface area contributed by atoms with Crippen LogP contribution in [0, 0.1) is 5.82 Å². The maximum atomic E-state index is 13.6. The molecule has 0 spiro atoms. The van der Waals surface area contributed by atoms with Crippen molar-refractivity contribution in [2.75, 3.05) is 18.8 Å². The Hall–Kier alpha value is -1.33. The Balaban J connectivity index is 1.87. The van der Waals surface area contributed by atoms with E-state index < -0.39 is 5.82 Å². The summed E-state index contributed by atoms with van der Waals surface area (Å²) < 4.78 is 15.6. The number of anilines is 1. The van der Waals surface area contributed by atoms with Crippen molar-refractivity contribution < 1.29 is 4.39 Å². The summed E-state index contributed by atoms with van der Waals surface area (Å²) in [5, 5.41) is 0.125. The largest absolute Gasteiger partial charge is 0.369 e. The van der Waals surface area contributed by atoms with Crippen molar-refractivity contribution >= 4 is 28.6 Å². The van der Waals surface area contributed by atoms with Gasteiger partial charge in [-0.3, -0.25) is 4.90 Å². The molecule has 1 aromatic carbocycles. The van der Waals surface area contributed by atoms with E-state index in [1.165, 1.54) is 25.5 Å². The minimum Gasteiger partial charge on any atom is -0.369 e. The molecule has 2 unspecified atom stereocenters. The van der Waals surface area contributed by atoms with Crippen molar-refractivity contribution in [3.8, 4) is 0 Å². The topological polar surface area (TPSA) is 47.1 Å². The lowest BCUT2D eigenvalue weighted by molar-refractivity contribution is 0.293. The molecule has 6 heteroatoms. The second-order valence-corrected chi connectivity index (χ2v) is 6.10. The molecule has 0 radical (unpaired) electrons. The summed E-state index contributed by atoms with van der Waals surface area (Å²) in [5.41, 5.74) is 7.51. The van der Waals surface area contributed by atoms with Crippen LogP contribution >= 0.6 is 11.6 Å². The van der Waals surface area contributed by atoms with Crippen molar-refractivity contribution in [3.63, 3.8) is 0 Å². The van der Waals surface area contributed by atoms with Crippen molar-refractivity contribution in [2.24, 2.45) is 0 Å². The van der Waals surface area contributed by atoms with Crippen LogP contribution in [0.15, 0.2) is 12.1 Å². The number of aromatic nitrogens is 2. The molecule has 3 heterocycles. The van der Waals surface area contributed by atoms with Gasteiger partial charge in [-0.1, -0.05) is 11.6 Å². The fourth-order valence-corrected chi connectivity index (χ4v) is 3.97. The van der Waals surface area contributed by atoms with Gasteiger partial charge in [-0.2, -0.15) is 0 Å². The third kappa shape index (κ3) is 1.66. The Morgan fingerprint density at radius 3 is 2.95 bits per heavy atom. The Morgan fingerprint density at radius 2 is 2.10 bits per heavy atom. The van der Waals surface area contributed by atoms with E-state index >= 15 is 0 Å². The molecule has 2 saturated heterocycles. The number of hydrogen-bond donors (Lipinski definition) is 1. The highest BCUT2D eigenvalue weighted by molar-refractivity contribution is 6.31. The molecule has 2 aliphatic heterocycles. The van der Waals surface area contributed by atoms with Crippen LogP contribution in [-0.2, 0) is 0 Å². The zero-order chi connectivity index (χ0) is 13.9.